The summed E-state index contributed by atoms with van der Waals surface area (Å²) in [6.45, 7) is 4.06. The molecular weight excluding hydrogens is 273 g/mol. The van der Waals surface area contributed by atoms with E-state index in [1.165, 1.54) is 0 Å². The van der Waals surface area contributed by atoms with Gasteiger partial charge in [-0.05, 0) is 0 Å². The van der Waals surface area contributed by atoms with Gasteiger partial charge < -0.3 is 0 Å². The van der Waals surface area contributed by atoms with Crippen LogP contribution < -0.4 is 4.74 Å². The van der Waals surface area contributed by atoms with Gasteiger partial charge in [-0.3, -0.25) is 0 Å². The SMILES string of the molecule is CC(C)Oc1ccccc1[CH]=[Ru].Cl. The number of halogens is 1. The molecule has 0 heterocycles. The first kappa shape index (κ1) is 12.8. The molecule has 1 aromatic carbocycles. The van der Waals surface area contributed by atoms with Crippen molar-refractivity contribution in [3.8, 4) is 5.75 Å². The van der Waals surface area contributed by atoms with Gasteiger partial charge in [0.15, 0.2) is 0 Å². The molecule has 1 nitrogen and oxygen atoms in total. The van der Waals surface area contributed by atoms with Gasteiger partial charge in [-0.15, -0.1) is 12.4 Å². The molecule has 0 aromatic heterocycles. The number of ether oxygens (including phenoxy) is 1. The smallest absolute Gasteiger partial charge is 0.147 e. The minimum Gasteiger partial charge on any atom is -0.147 e. The molecule has 0 radical (unpaired) electrons. The van der Waals surface area contributed by atoms with E-state index >= 15 is 0 Å². The van der Waals surface area contributed by atoms with Crippen LogP contribution in [0.25, 0.3) is 0 Å². The summed E-state index contributed by atoms with van der Waals surface area (Å²) in [5.74, 6) is 0.950. The molecule has 1 aromatic rings. The molecule has 0 saturated carbocycles. The van der Waals surface area contributed by atoms with Crippen molar-refractivity contribution in [2.45, 2.75) is 20.0 Å². The van der Waals surface area contributed by atoms with Crippen molar-refractivity contribution in [3.63, 3.8) is 0 Å². The van der Waals surface area contributed by atoms with Gasteiger partial charge in [-0.25, -0.2) is 0 Å². The number of hydrogen-bond donors (Lipinski definition) is 0. The summed E-state index contributed by atoms with van der Waals surface area (Å²) in [4.78, 5) is 0. The summed E-state index contributed by atoms with van der Waals surface area (Å²) < 4.78 is 7.58. The van der Waals surface area contributed by atoms with Crippen molar-refractivity contribution < 1.29 is 22.6 Å². The fraction of sp³-hybridized carbons (Fsp3) is 0.300. The Labute approximate surface area is 95.1 Å². The topological polar surface area (TPSA) is 9.23 Å². The molecule has 0 aliphatic carbocycles. The molecule has 0 unspecified atom stereocenters. The molecule has 0 atom stereocenters. The Morgan fingerprint density at radius 3 is 2.46 bits per heavy atom. The maximum Gasteiger partial charge on any atom is -0.147 e. The standard InChI is InChI=1S/C10H12O.ClH.Ru/c1-8(2)11-10-7-5-4-6-9(10)3;;/h3-8H,1-2H3;1H;. The van der Waals surface area contributed by atoms with E-state index in [1.807, 2.05) is 42.7 Å². The van der Waals surface area contributed by atoms with Gasteiger partial charge >= 0.3 is 82.7 Å². The number of para-hydroxylation sites is 1. The maximum atomic E-state index is 5.59. The summed E-state index contributed by atoms with van der Waals surface area (Å²) in [7, 11) is 0. The van der Waals surface area contributed by atoms with Crippen LogP contribution in [0.5, 0.6) is 5.75 Å². The van der Waals surface area contributed by atoms with Crippen LogP contribution in [-0.2, 0) is 17.9 Å². The average Bonchev–Trinajstić information content (AvgIpc) is 2.04. The average molecular weight is 286 g/mol. The van der Waals surface area contributed by atoms with Gasteiger partial charge in [-0.2, -0.15) is 0 Å². The minimum absolute atomic E-state index is 0. The van der Waals surface area contributed by atoms with Gasteiger partial charge in [0, 0.05) is 0 Å². The molecule has 3 heteroatoms. The first-order valence-corrected chi connectivity index (χ1v) is 4.92. The van der Waals surface area contributed by atoms with Gasteiger partial charge in [0.05, 0.1) is 0 Å². The molecule has 0 aliphatic heterocycles. The van der Waals surface area contributed by atoms with E-state index in [-0.39, 0.29) is 18.5 Å². The van der Waals surface area contributed by atoms with Crippen molar-refractivity contribution >= 4 is 17.0 Å². The normalized spacial score (nSPS) is 9.23. The van der Waals surface area contributed by atoms with E-state index in [0.29, 0.717) is 0 Å². The Balaban J connectivity index is 0.00000144. The van der Waals surface area contributed by atoms with E-state index < -0.39 is 0 Å². The van der Waals surface area contributed by atoms with Gasteiger partial charge in [0.25, 0.3) is 0 Å². The van der Waals surface area contributed by atoms with Crippen LogP contribution in [0.15, 0.2) is 24.3 Å². The van der Waals surface area contributed by atoms with Crippen molar-refractivity contribution in [3.05, 3.63) is 29.8 Å². The first-order chi connectivity index (χ1) is 5.74. The first-order valence-electron chi connectivity index (χ1n) is 3.91. The fourth-order valence-corrected chi connectivity index (χ4v) is 1.34. The summed E-state index contributed by atoms with van der Waals surface area (Å²) in [5, 5.41) is 0. The Kier molecular flexibility index (Phi) is 6.19. The molecule has 0 amide bonds. The molecule has 0 N–H and O–H groups in total. The van der Waals surface area contributed by atoms with E-state index in [9.17, 15) is 0 Å². The van der Waals surface area contributed by atoms with Crippen molar-refractivity contribution in [2.75, 3.05) is 0 Å². The Hall–Kier alpha value is -0.197. The summed E-state index contributed by atoms with van der Waals surface area (Å²) in [6.07, 6.45) is 0.234. The predicted octanol–water partition coefficient (Wildman–Crippen LogP) is 2.59. The summed E-state index contributed by atoms with van der Waals surface area (Å²) >= 11 is 2.49. The fourth-order valence-electron chi connectivity index (χ4n) is 0.926. The number of rotatable bonds is 3. The third-order valence-corrected chi connectivity index (χ3v) is 1.93. The van der Waals surface area contributed by atoms with E-state index in [0.717, 1.165) is 11.3 Å². The Bertz CT molecular complexity index is 273. The van der Waals surface area contributed by atoms with Crippen LogP contribution in [0.2, 0.25) is 0 Å². The van der Waals surface area contributed by atoms with E-state index in [1.54, 1.807) is 0 Å². The molecule has 0 fully saturated rings. The summed E-state index contributed by atoms with van der Waals surface area (Å²) in [6, 6.07) is 8.01. The number of hydrogen-bond acceptors (Lipinski definition) is 1. The van der Waals surface area contributed by atoms with Crippen LogP contribution in [0.4, 0.5) is 0 Å². The number of benzene rings is 1. The van der Waals surface area contributed by atoms with Crippen molar-refractivity contribution in [1.82, 2.24) is 0 Å². The minimum atomic E-state index is 0. The molecule has 0 spiro atoms. The zero-order valence-electron chi connectivity index (χ0n) is 7.63. The predicted molar refractivity (Wildman–Crippen MR) is 54.6 cm³/mol. The second kappa shape index (κ2) is 6.29. The largest absolute Gasteiger partial charge is 0.147 e. The zero-order chi connectivity index (χ0) is 8.97. The Morgan fingerprint density at radius 2 is 1.92 bits per heavy atom. The van der Waals surface area contributed by atoms with Crippen LogP contribution >= 0.6 is 12.4 Å². The Morgan fingerprint density at radius 1 is 1.31 bits per heavy atom. The monoisotopic (exact) mass is 286 g/mol. The van der Waals surface area contributed by atoms with Crippen molar-refractivity contribution in [1.29, 1.82) is 0 Å². The molecule has 0 saturated heterocycles. The molecule has 0 bridgehead atoms. The zero-order valence-corrected chi connectivity index (χ0v) is 10.2. The maximum absolute atomic E-state index is 5.59. The van der Waals surface area contributed by atoms with Crippen molar-refractivity contribution in [2.24, 2.45) is 0 Å². The van der Waals surface area contributed by atoms with Gasteiger partial charge in [0.2, 0.25) is 0 Å². The molecular formula is C10H13ClORu. The molecule has 13 heavy (non-hydrogen) atoms. The van der Waals surface area contributed by atoms with Crippen LogP contribution in [0.1, 0.15) is 19.4 Å². The summed E-state index contributed by atoms with van der Waals surface area (Å²) in [5.41, 5.74) is 1.13. The third kappa shape index (κ3) is 4.02. The second-order valence-electron chi connectivity index (χ2n) is 2.81. The van der Waals surface area contributed by atoms with Gasteiger partial charge in [-0.1, -0.05) is 0 Å². The van der Waals surface area contributed by atoms with Crippen LogP contribution in [0.3, 0.4) is 0 Å². The van der Waals surface area contributed by atoms with Crippen LogP contribution in [0, 0.1) is 0 Å². The second-order valence-corrected chi connectivity index (χ2v) is 3.31. The quantitative estimate of drug-likeness (QED) is 0.776. The third-order valence-electron chi connectivity index (χ3n) is 1.39. The van der Waals surface area contributed by atoms with Gasteiger partial charge in [0.1, 0.15) is 0 Å². The van der Waals surface area contributed by atoms with E-state index in [4.69, 9.17) is 4.74 Å². The molecule has 74 valence electrons. The van der Waals surface area contributed by atoms with Crippen LogP contribution in [-0.4, -0.2) is 10.7 Å². The molecule has 0 aliphatic rings. The molecule has 1 rings (SSSR count). The van der Waals surface area contributed by atoms with E-state index in [2.05, 4.69) is 17.9 Å².